The molecule has 2 N–H and O–H groups in total. The predicted octanol–water partition coefficient (Wildman–Crippen LogP) is 1.86. The average Bonchev–Trinajstić information content (AvgIpc) is 2.59. The smallest absolute Gasteiger partial charge is 0.236 e. The second-order valence-electron chi connectivity index (χ2n) is 4.41. The largest absolute Gasteiger partial charge is 0.393 e. The minimum absolute atomic E-state index is 0.161. The molecule has 0 spiro atoms. The molecule has 0 aromatic heterocycles. The first-order chi connectivity index (χ1) is 7.10. The van der Waals surface area contributed by atoms with Gasteiger partial charge in [0.1, 0.15) is 5.60 Å². The van der Waals surface area contributed by atoms with E-state index < -0.39 is 11.4 Å². The van der Waals surface area contributed by atoms with E-state index in [1.807, 2.05) is 0 Å². The standard InChI is InChI=1S/C10H20O5/c1-3-4-5-6-10(13-12)7-9(2,8-11)14-15-10/h11-12H,3-8H2,1-2H3/t9-,10-/m1/s1. The summed E-state index contributed by atoms with van der Waals surface area (Å²) in [6.45, 7) is 3.65. The molecule has 0 saturated carbocycles. The summed E-state index contributed by atoms with van der Waals surface area (Å²) in [6, 6.07) is 0. The molecule has 0 unspecified atom stereocenters. The molecular formula is C10H20O5. The number of unbranched alkanes of at least 4 members (excludes halogenated alkanes) is 2. The molecule has 0 amide bonds. The molecule has 1 aliphatic rings. The highest BCUT2D eigenvalue weighted by Crippen LogP contribution is 2.39. The van der Waals surface area contributed by atoms with Gasteiger partial charge in [-0.25, -0.2) is 15.0 Å². The quantitative estimate of drug-likeness (QED) is 0.406. The Hall–Kier alpha value is -0.200. The molecule has 15 heavy (non-hydrogen) atoms. The lowest BCUT2D eigenvalue weighted by Gasteiger charge is -2.22. The molecule has 0 aromatic carbocycles. The van der Waals surface area contributed by atoms with E-state index in [0.29, 0.717) is 12.8 Å². The molecule has 90 valence electrons. The molecule has 1 heterocycles. The van der Waals surface area contributed by atoms with Crippen molar-refractivity contribution in [1.82, 2.24) is 0 Å². The van der Waals surface area contributed by atoms with Crippen LogP contribution in [0.4, 0.5) is 0 Å². The highest BCUT2D eigenvalue weighted by molar-refractivity contribution is 4.86. The van der Waals surface area contributed by atoms with Crippen LogP contribution in [0, 0.1) is 0 Å². The fraction of sp³-hybridized carbons (Fsp3) is 1.00. The van der Waals surface area contributed by atoms with E-state index >= 15 is 0 Å². The van der Waals surface area contributed by atoms with Crippen molar-refractivity contribution < 1.29 is 25.0 Å². The fourth-order valence-corrected chi connectivity index (χ4v) is 1.75. The van der Waals surface area contributed by atoms with Crippen molar-refractivity contribution in [1.29, 1.82) is 0 Å². The van der Waals surface area contributed by atoms with Crippen LogP contribution < -0.4 is 0 Å². The van der Waals surface area contributed by atoms with Gasteiger partial charge in [-0.2, -0.15) is 4.89 Å². The lowest BCUT2D eigenvalue weighted by Crippen LogP contribution is -2.35. The monoisotopic (exact) mass is 220 g/mol. The highest BCUT2D eigenvalue weighted by Gasteiger charge is 2.50. The van der Waals surface area contributed by atoms with E-state index in [1.54, 1.807) is 6.92 Å². The molecule has 5 nitrogen and oxygen atoms in total. The van der Waals surface area contributed by atoms with Gasteiger partial charge in [-0.05, 0) is 13.3 Å². The molecular weight excluding hydrogens is 200 g/mol. The lowest BCUT2D eigenvalue weighted by atomic mass is 9.94. The summed E-state index contributed by atoms with van der Waals surface area (Å²) < 4.78 is 0. The van der Waals surface area contributed by atoms with Gasteiger partial charge in [0.05, 0.1) is 6.61 Å². The van der Waals surface area contributed by atoms with Gasteiger partial charge in [0, 0.05) is 12.8 Å². The SMILES string of the molecule is CCCCC[C@]1(OO)C[C@](C)(CO)OO1. The van der Waals surface area contributed by atoms with Crippen LogP contribution in [0.1, 0.15) is 46.0 Å². The maximum Gasteiger partial charge on any atom is 0.236 e. The maximum absolute atomic E-state index is 9.08. The molecule has 2 atom stereocenters. The highest BCUT2D eigenvalue weighted by atomic mass is 17.3. The summed E-state index contributed by atoms with van der Waals surface area (Å²) in [5.74, 6) is -1.10. The van der Waals surface area contributed by atoms with Crippen molar-refractivity contribution >= 4 is 0 Å². The third kappa shape index (κ3) is 3.12. The van der Waals surface area contributed by atoms with Crippen LogP contribution in [0.2, 0.25) is 0 Å². The van der Waals surface area contributed by atoms with E-state index in [0.717, 1.165) is 19.3 Å². The molecule has 0 bridgehead atoms. The first kappa shape index (κ1) is 12.9. The van der Waals surface area contributed by atoms with Crippen LogP contribution in [0.15, 0.2) is 0 Å². The molecule has 0 aliphatic carbocycles. The van der Waals surface area contributed by atoms with E-state index in [1.165, 1.54) is 0 Å². The zero-order chi connectivity index (χ0) is 11.4. The first-order valence-corrected chi connectivity index (χ1v) is 5.40. The molecule has 1 saturated heterocycles. The lowest BCUT2D eigenvalue weighted by molar-refractivity contribution is -0.473. The second-order valence-corrected chi connectivity index (χ2v) is 4.41. The number of rotatable bonds is 6. The number of aliphatic hydroxyl groups excluding tert-OH is 1. The Labute approximate surface area is 89.8 Å². The summed E-state index contributed by atoms with van der Waals surface area (Å²) in [7, 11) is 0. The summed E-state index contributed by atoms with van der Waals surface area (Å²) in [6.07, 6.45) is 3.91. The van der Waals surface area contributed by atoms with Crippen molar-refractivity contribution in [3.05, 3.63) is 0 Å². The van der Waals surface area contributed by atoms with Crippen molar-refractivity contribution in [2.75, 3.05) is 6.61 Å². The minimum Gasteiger partial charge on any atom is -0.393 e. The van der Waals surface area contributed by atoms with Crippen LogP contribution in [-0.4, -0.2) is 28.4 Å². The third-order valence-electron chi connectivity index (χ3n) is 2.70. The van der Waals surface area contributed by atoms with Gasteiger partial charge < -0.3 is 5.11 Å². The second kappa shape index (κ2) is 5.23. The van der Waals surface area contributed by atoms with E-state index in [4.69, 9.17) is 20.1 Å². The first-order valence-electron chi connectivity index (χ1n) is 5.40. The van der Waals surface area contributed by atoms with E-state index in [-0.39, 0.29) is 6.61 Å². The Kier molecular flexibility index (Phi) is 4.48. The van der Waals surface area contributed by atoms with Crippen LogP contribution in [-0.2, 0) is 14.7 Å². The molecule has 1 fully saturated rings. The average molecular weight is 220 g/mol. The summed E-state index contributed by atoms with van der Waals surface area (Å²) >= 11 is 0. The van der Waals surface area contributed by atoms with Gasteiger partial charge in [0.2, 0.25) is 5.79 Å². The Morgan fingerprint density at radius 1 is 1.33 bits per heavy atom. The van der Waals surface area contributed by atoms with Gasteiger partial charge in [0.15, 0.2) is 0 Å². The zero-order valence-corrected chi connectivity index (χ0v) is 9.36. The summed E-state index contributed by atoms with van der Waals surface area (Å²) in [4.78, 5) is 14.4. The Morgan fingerprint density at radius 2 is 2.07 bits per heavy atom. The van der Waals surface area contributed by atoms with E-state index in [2.05, 4.69) is 11.8 Å². The number of hydrogen-bond donors (Lipinski definition) is 2. The zero-order valence-electron chi connectivity index (χ0n) is 9.36. The van der Waals surface area contributed by atoms with E-state index in [9.17, 15) is 0 Å². The normalized spacial score (nSPS) is 36.0. The molecule has 1 rings (SSSR count). The van der Waals surface area contributed by atoms with Gasteiger partial charge >= 0.3 is 0 Å². The maximum atomic E-state index is 9.08. The number of hydrogen-bond acceptors (Lipinski definition) is 5. The Bertz CT molecular complexity index is 198. The molecule has 5 heteroatoms. The molecule has 0 aromatic rings. The van der Waals surface area contributed by atoms with Gasteiger partial charge in [-0.1, -0.05) is 19.8 Å². The summed E-state index contributed by atoms with van der Waals surface area (Å²) in [5, 5.41) is 17.9. The van der Waals surface area contributed by atoms with Crippen molar-refractivity contribution in [2.45, 2.75) is 57.3 Å². The van der Waals surface area contributed by atoms with Crippen molar-refractivity contribution in [3.63, 3.8) is 0 Å². The third-order valence-corrected chi connectivity index (χ3v) is 2.70. The van der Waals surface area contributed by atoms with Gasteiger partial charge in [-0.15, -0.1) is 0 Å². The Morgan fingerprint density at radius 3 is 2.53 bits per heavy atom. The molecule has 0 radical (unpaired) electrons. The van der Waals surface area contributed by atoms with Crippen LogP contribution in [0.3, 0.4) is 0 Å². The van der Waals surface area contributed by atoms with Crippen LogP contribution in [0.5, 0.6) is 0 Å². The predicted molar refractivity (Wildman–Crippen MR) is 52.9 cm³/mol. The minimum atomic E-state index is -1.10. The summed E-state index contributed by atoms with van der Waals surface area (Å²) in [5.41, 5.74) is -0.783. The topological polar surface area (TPSA) is 68.2 Å². The van der Waals surface area contributed by atoms with Crippen LogP contribution >= 0.6 is 0 Å². The number of aliphatic hydroxyl groups is 1. The van der Waals surface area contributed by atoms with Crippen molar-refractivity contribution in [2.24, 2.45) is 0 Å². The fourth-order valence-electron chi connectivity index (χ4n) is 1.75. The molecule has 1 aliphatic heterocycles. The van der Waals surface area contributed by atoms with Gasteiger partial charge in [0.25, 0.3) is 0 Å². The van der Waals surface area contributed by atoms with Gasteiger partial charge in [-0.3, -0.25) is 0 Å². The van der Waals surface area contributed by atoms with Crippen LogP contribution in [0.25, 0.3) is 0 Å². The van der Waals surface area contributed by atoms with Crippen molar-refractivity contribution in [3.8, 4) is 0 Å². The Balaban J connectivity index is 2.49.